The Hall–Kier alpha value is -3.32. The minimum absolute atomic E-state index is 0.0332. The molecule has 3 heterocycles. The van der Waals surface area contributed by atoms with Gasteiger partial charge in [0.15, 0.2) is 11.5 Å². The first-order chi connectivity index (χ1) is 18.8. The molecule has 1 aromatic heterocycles. The predicted octanol–water partition coefficient (Wildman–Crippen LogP) is 2.62. The summed E-state index contributed by atoms with van der Waals surface area (Å²) >= 11 is 0. The van der Waals surface area contributed by atoms with Crippen LogP contribution < -0.4 is 14.8 Å². The van der Waals surface area contributed by atoms with Crippen LogP contribution in [0.3, 0.4) is 0 Å². The van der Waals surface area contributed by atoms with E-state index < -0.39 is 24.0 Å². The SMILES string of the molecule is COBN1CCC(CCN(C(=O)C(F)(F)F)C(C(=O)NCCc2ccncc2)c2ccc3c(c2)OCO3)CC1. The summed E-state index contributed by atoms with van der Waals surface area (Å²) in [5.41, 5.74) is 1.13. The number of halogens is 3. The van der Waals surface area contributed by atoms with Crippen LogP contribution in [0.2, 0.25) is 0 Å². The molecule has 1 atom stereocenters. The van der Waals surface area contributed by atoms with E-state index in [9.17, 15) is 22.8 Å². The zero-order valence-corrected chi connectivity index (χ0v) is 21.8. The van der Waals surface area contributed by atoms with Crippen LogP contribution in [0.4, 0.5) is 13.2 Å². The minimum Gasteiger partial charge on any atom is -0.454 e. The summed E-state index contributed by atoms with van der Waals surface area (Å²) in [5.74, 6) is -1.89. The van der Waals surface area contributed by atoms with Crippen LogP contribution in [-0.4, -0.2) is 80.4 Å². The maximum Gasteiger partial charge on any atom is 0.471 e. The van der Waals surface area contributed by atoms with Gasteiger partial charge < -0.3 is 29.2 Å². The average molecular weight is 548 g/mol. The Labute approximate surface area is 225 Å². The summed E-state index contributed by atoms with van der Waals surface area (Å²) in [6, 6.07) is 6.59. The maximum absolute atomic E-state index is 13.8. The van der Waals surface area contributed by atoms with Gasteiger partial charge in [-0.15, -0.1) is 0 Å². The topological polar surface area (TPSA) is 93.2 Å². The Kier molecular flexibility index (Phi) is 9.68. The van der Waals surface area contributed by atoms with Gasteiger partial charge in [0.25, 0.3) is 0 Å². The standard InChI is InChI=1S/C26H32BF3N4O5/c1-37-27-33-13-7-19(8-14-33)9-15-34(25(36)26(28,29)30)23(20-2-3-21-22(16-20)39-17-38-21)24(35)32-12-6-18-4-10-31-11-5-18/h2-5,10-11,16,19,23,27H,6-9,12-15,17H2,1H3,(H,32,35). The van der Waals surface area contributed by atoms with Crippen LogP contribution >= 0.6 is 0 Å². The van der Waals surface area contributed by atoms with Gasteiger partial charge in [-0.1, -0.05) is 6.07 Å². The molecule has 39 heavy (non-hydrogen) atoms. The lowest BCUT2D eigenvalue weighted by molar-refractivity contribution is -0.189. The molecule has 9 nitrogen and oxygen atoms in total. The Morgan fingerprint density at radius 3 is 2.59 bits per heavy atom. The van der Waals surface area contributed by atoms with Crippen LogP contribution in [0, 0.1) is 5.92 Å². The summed E-state index contributed by atoms with van der Waals surface area (Å²) in [5, 5.41) is 2.73. The number of hydrogen-bond acceptors (Lipinski definition) is 7. The van der Waals surface area contributed by atoms with Crippen molar-refractivity contribution in [2.45, 2.75) is 37.9 Å². The molecule has 1 aromatic carbocycles. The van der Waals surface area contributed by atoms with Crippen molar-refractivity contribution in [3.05, 3.63) is 53.9 Å². The number of benzene rings is 1. The number of carbonyl (C=O) groups is 2. The number of pyridine rings is 1. The van der Waals surface area contributed by atoms with Gasteiger partial charge in [-0.05, 0) is 80.1 Å². The van der Waals surface area contributed by atoms with E-state index in [0.29, 0.717) is 36.9 Å². The molecular weight excluding hydrogens is 516 g/mol. The van der Waals surface area contributed by atoms with E-state index in [4.69, 9.17) is 14.1 Å². The lowest BCUT2D eigenvalue weighted by Gasteiger charge is -2.35. The van der Waals surface area contributed by atoms with Crippen LogP contribution in [0.1, 0.15) is 36.4 Å². The highest BCUT2D eigenvalue weighted by molar-refractivity contribution is 6.23. The maximum atomic E-state index is 13.8. The highest BCUT2D eigenvalue weighted by atomic mass is 19.4. The number of amides is 2. The van der Waals surface area contributed by atoms with E-state index in [0.717, 1.165) is 31.5 Å². The van der Waals surface area contributed by atoms with E-state index in [2.05, 4.69) is 15.1 Å². The first-order valence-corrected chi connectivity index (χ1v) is 12.9. The molecule has 0 radical (unpaired) electrons. The highest BCUT2D eigenvalue weighted by Gasteiger charge is 2.46. The fourth-order valence-corrected chi connectivity index (χ4v) is 4.95. The van der Waals surface area contributed by atoms with Gasteiger partial charge in [-0.2, -0.15) is 13.2 Å². The third-order valence-corrected chi connectivity index (χ3v) is 7.04. The molecule has 1 unspecified atom stereocenters. The molecule has 0 aliphatic carbocycles. The predicted molar refractivity (Wildman–Crippen MR) is 137 cm³/mol. The van der Waals surface area contributed by atoms with Gasteiger partial charge in [0.05, 0.1) is 0 Å². The molecule has 2 amide bonds. The number of aromatic nitrogens is 1. The number of fused-ring (bicyclic) bond motifs is 1. The van der Waals surface area contributed by atoms with Crippen molar-refractivity contribution in [1.29, 1.82) is 0 Å². The first kappa shape index (κ1) is 28.7. The minimum atomic E-state index is -5.15. The number of nitrogens with zero attached hydrogens (tertiary/aromatic N) is 3. The molecular formula is C26H32BF3N4O5. The molecule has 2 aromatic rings. The second-order valence-electron chi connectivity index (χ2n) is 9.68. The number of rotatable bonds is 11. The van der Waals surface area contributed by atoms with E-state index in [-0.39, 0.29) is 31.4 Å². The molecule has 4 rings (SSSR count). The van der Waals surface area contributed by atoms with E-state index >= 15 is 0 Å². The van der Waals surface area contributed by atoms with Gasteiger partial charge in [0.2, 0.25) is 12.7 Å². The van der Waals surface area contributed by atoms with Gasteiger partial charge >= 0.3 is 19.7 Å². The van der Waals surface area contributed by atoms with Crippen molar-refractivity contribution in [2.75, 3.05) is 40.1 Å². The largest absolute Gasteiger partial charge is 0.471 e. The number of hydrogen-bond donors (Lipinski definition) is 1. The van der Waals surface area contributed by atoms with Gasteiger partial charge in [-0.3, -0.25) is 14.6 Å². The second-order valence-corrected chi connectivity index (χ2v) is 9.68. The Balaban J connectivity index is 1.55. The van der Waals surface area contributed by atoms with Gasteiger partial charge in [-0.25, -0.2) is 0 Å². The molecule has 1 N–H and O–H groups in total. The number of alkyl halides is 3. The number of piperidine rings is 1. The van der Waals surface area contributed by atoms with Crippen molar-refractivity contribution < 1.29 is 36.9 Å². The first-order valence-electron chi connectivity index (χ1n) is 12.9. The van der Waals surface area contributed by atoms with Crippen molar-refractivity contribution in [3.63, 3.8) is 0 Å². The quantitative estimate of drug-likeness (QED) is 0.432. The van der Waals surface area contributed by atoms with E-state index in [1.54, 1.807) is 31.6 Å². The fourth-order valence-electron chi connectivity index (χ4n) is 4.95. The normalized spacial score (nSPS) is 16.5. The Morgan fingerprint density at radius 1 is 1.18 bits per heavy atom. The smallest absolute Gasteiger partial charge is 0.454 e. The third-order valence-electron chi connectivity index (χ3n) is 7.04. The summed E-state index contributed by atoms with van der Waals surface area (Å²) in [6.45, 7) is 1.44. The highest BCUT2D eigenvalue weighted by Crippen LogP contribution is 2.37. The molecule has 210 valence electrons. The molecule has 13 heteroatoms. The summed E-state index contributed by atoms with van der Waals surface area (Å²) in [4.78, 5) is 33.0. The number of nitrogens with one attached hydrogen (secondary N) is 1. The summed E-state index contributed by atoms with van der Waals surface area (Å²) in [6.07, 6.45) is 0.428. The zero-order chi connectivity index (χ0) is 27.8. The molecule has 0 spiro atoms. The lowest BCUT2D eigenvalue weighted by atomic mass is 9.90. The monoisotopic (exact) mass is 548 g/mol. The average Bonchev–Trinajstić information content (AvgIpc) is 3.40. The molecule has 0 saturated carbocycles. The fraction of sp³-hybridized carbons (Fsp3) is 0.500. The molecule has 1 fully saturated rings. The van der Waals surface area contributed by atoms with Crippen molar-refractivity contribution in [2.24, 2.45) is 5.92 Å². The van der Waals surface area contributed by atoms with Crippen molar-refractivity contribution >= 4 is 19.4 Å². The number of ether oxygens (including phenoxy) is 2. The van der Waals surface area contributed by atoms with Gasteiger partial charge in [0, 0.05) is 32.6 Å². The molecule has 0 bridgehead atoms. The molecule has 1 saturated heterocycles. The van der Waals surface area contributed by atoms with Crippen LogP contribution in [-0.2, 0) is 20.7 Å². The Bertz CT molecular complexity index is 1120. The van der Waals surface area contributed by atoms with Crippen LogP contribution in [0.25, 0.3) is 0 Å². The number of carbonyl (C=O) groups excluding carboxylic acids is 2. The molecule has 2 aliphatic heterocycles. The summed E-state index contributed by atoms with van der Waals surface area (Å²) in [7, 11) is 2.11. The summed E-state index contributed by atoms with van der Waals surface area (Å²) < 4.78 is 57.4. The van der Waals surface area contributed by atoms with Crippen LogP contribution in [0.5, 0.6) is 11.5 Å². The van der Waals surface area contributed by atoms with Crippen molar-refractivity contribution in [3.8, 4) is 11.5 Å². The third kappa shape index (κ3) is 7.63. The lowest BCUT2D eigenvalue weighted by Crippen LogP contribution is -2.49. The van der Waals surface area contributed by atoms with Crippen LogP contribution in [0.15, 0.2) is 42.7 Å². The van der Waals surface area contributed by atoms with E-state index in [1.165, 1.54) is 18.2 Å². The second kappa shape index (κ2) is 13.2. The Morgan fingerprint density at radius 2 is 1.90 bits per heavy atom. The van der Waals surface area contributed by atoms with Crippen molar-refractivity contribution in [1.82, 2.24) is 20.0 Å². The zero-order valence-electron chi connectivity index (χ0n) is 21.8. The molecule has 2 aliphatic rings. The van der Waals surface area contributed by atoms with E-state index in [1.807, 2.05) is 0 Å². The van der Waals surface area contributed by atoms with Gasteiger partial charge in [0.1, 0.15) is 6.04 Å².